The van der Waals surface area contributed by atoms with Crippen LogP contribution >= 0.6 is 15.9 Å². The minimum atomic E-state index is 0.0559. The van der Waals surface area contributed by atoms with Gasteiger partial charge in [0.2, 0.25) is 5.91 Å². The molecule has 0 atom stereocenters. The number of hydrogen-bond acceptors (Lipinski definition) is 2. The van der Waals surface area contributed by atoms with E-state index >= 15 is 0 Å². The van der Waals surface area contributed by atoms with Crippen molar-refractivity contribution >= 4 is 27.5 Å². The van der Waals surface area contributed by atoms with Crippen LogP contribution < -0.4 is 5.32 Å². The number of amides is 1. The predicted molar refractivity (Wildman–Crippen MR) is 64.8 cm³/mol. The zero-order valence-corrected chi connectivity index (χ0v) is 10.6. The van der Waals surface area contributed by atoms with Gasteiger partial charge in [-0.25, -0.2) is 4.98 Å². The molecule has 0 fully saturated rings. The lowest BCUT2D eigenvalue weighted by Crippen LogP contribution is -2.11. The Morgan fingerprint density at radius 3 is 2.93 bits per heavy atom. The minimum Gasteiger partial charge on any atom is -0.325 e. The molecular weight excluding hydrogens is 256 g/mol. The smallest absolute Gasteiger partial charge is 0.224 e. The van der Waals surface area contributed by atoms with Crippen LogP contribution in [0, 0.1) is 6.92 Å². The zero-order valence-electron chi connectivity index (χ0n) is 9.01. The minimum absolute atomic E-state index is 0.0559. The van der Waals surface area contributed by atoms with Gasteiger partial charge in [0.05, 0.1) is 11.9 Å². The fourth-order valence-corrected chi connectivity index (χ4v) is 1.40. The van der Waals surface area contributed by atoms with Gasteiger partial charge < -0.3 is 5.32 Å². The molecule has 0 unspecified atom stereocenters. The Labute approximate surface area is 98.4 Å². The zero-order chi connectivity index (χ0) is 11.3. The number of aryl methyl sites for hydroxylation is 1. The second kappa shape index (κ2) is 5.85. The van der Waals surface area contributed by atoms with Gasteiger partial charge in [-0.1, -0.05) is 13.3 Å². The average Bonchev–Trinajstić information content (AvgIpc) is 2.20. The summed E-state index contributed by atoms with van der Waals surface area (Å²) in [6.45, 7) is 4.01. The topological polar surface area (TPSA) is 42.0 Å². The molecule has 15 heavy (non-hydrogen) atoms. The monoisotopic (exact) mass is 270 g/mol. The molecule has 0 radical (unpaired) electrons. The largest absolute Gasteiger partial charge is 0.325 e. The van der Waals surface area contributed by atoms with E-state index in [1.807, 2.05) is 13.0 Å². The Morgan fingerprint density at radius 2 is 2.33 bits per heavy atom. The maximum Gasteiger partial charge on any atom is 0.224 e. The van der Waals surface area contributed by atoms with Crippen molar-refractivity contribution in [2.24, 2.45) is 0 Å². The van der Waals surface area contributed by atoms with Gasteiger partial charge in [-0.05, 0) is 40.9 Å². The molecule has 0 aliphatic rings. The highest BCUT2D eigenvalue weighted by Crippen LogP contribution is 2.16. The summed E-state index contributed by atoms with van der Waals surface area (Å²) in [6, 6.07) is 1.90. The van der Waals surface area contributed by atoms with Crippen LogP contribution in [0.5, 0.6) is 0 Å². The van der Waals surface area contributed by atoms with Gasteiger partial charge >= 0.3 is 0 Å². The summed E-state index contributed by atoms with van der Waals surface area (Å²) >= 11 is 3.31. The van der Waals surface area contributed by atoms with Crippen LogP contribution in [-0.4, -0.2) is 10.9 Å². The van der Waals surface area contributed by atoms with Gasteiger partial charge in [0, 0.05) is 6.42 Å². The van der Waals surface area contributed by atoms with Crippen molar-refractivity contribution in [3.63, 3.8) is 0 Å². The molecule has 82 valence electrons. The highest BCUT2D eigenvalue weighted by atomic mass is 79.9. The SMILES string of the molecule is CCCCC(=O)Nc1cnc(Br)c(C)c1. The second-order valence-corrected chi connectivity index (χ2v) is 4.23. The molecule has 0 saturated heterocycles. The summed E-state index contributed by atoms with van der Waals surface area (Å²) in [5, 5.41) is 2.82. The molecular formula is C11H15BrN2O. The van der Waals surface area contributed by atoms with Crippen LogP contribution in [0.1, 0.15) is 31.7 Å². The van der Waals surface area contributed by atoms with E-state index in [2.05, 4.69) is 33.2 Å². The number of aromatic nitrogens is 1. The second-order valence-electron chi connectivity index (χ2n) is 3.48. The van der Waals surface area contributed by atoms with E-state index in [1.165, 1.54) is 0 Å². The van der Waals surface area contributed by atoms with Gasteiger partial charge in [0.1, 0.15) is 4.60 Å². The molecule has 0 bridgehead atoms. The van der Waals surface area contributed by atoms with Gasteiger partial charge in [-0.15, -0.1) is 0 Å². The standard InChI is InChI=1S/C11H15BrN2O/c1-3-4-5-10(15)14-9-6-8(2)11(12)13-7-9/h6-7H,3-5H2,1-2H3,(H,14,15). The third-order valence-electron chi connectivity index (χ3n) is 2.06. The number of halogens is 1. The first-order valence-electron chi connectivity index (χ1n) is 5.05. The van der Waals surface area contributed by atoms with Gasteiger partial charge in [0.15, 0.2) is 0 Å². The lowest BCUT2D eigenvalue weighted by molar-refractivity contribution is -0.116. The maximum atomic E-state index is 11.4. The average molecular weight is 271 g/mol. The molecule has 1 N–H and O–H groups in total. The fraction of sp³-hybridized carbons (Fsp3) is 0.455. The molecule has 1 aromatic rings. The Morgan fingerprint density at radius 1 is 1.60 bits per heavy atom. The number of carbonyl (C=O) groups is 1. The first-order chi connectivity index (χ1) is 7.13. The number of rotatable bonds is 4. The summed E-state index contributed by atoms with van der Waals surface area (Å²) in [4.78, 5) is 15.5. The Balaban J connectivity index is 2.57. The summed E-state index contributed by atoms with van der Waals surface area (Å²) in [5.41, 5.74) is 1.78. The van der Waals surface area contributed by atoms with Gasteiger partial charge in [-0.2, -0.15) is 0 Å². The fourth-order valence-electron chi connectivity index (χ4n) is 1.19. The van der Waals surface area contributed by atoms with E-state index in [0.717, 1.165) is 28.7 Å². The maximum absolute atomic E-state index is 11.4. The highest BCUT2D eigenvalue weighted by molar-refractivity contribution is 9.10. The Hall–Kier alpha value is -0.900. The molecule has 4 heteroatoms. The molecule has 0 spiro atoms. The molecule has 1 aromatic heterocycles. The van der Waals surface area contributed by atoms with Crippen molar-refractivity contribution < 1.29 is 4.79 Å². The van der Waals surface area contributed by atoms with E-state index in [0.29, 0.717) is 6.42 Å². The van der Waals surface area contributed by atoms with E-state index in [9.17, 15) is 4.79 Å². The van der Waals surface area contributed by atoms with Crippen LogP contribution in [0.4, 0.5) is 5.69 Å². The number of pyridine rings is 1. The predicted octanol–water partition coefficient (Wildman–Crippen LogP) is 3.28. The number of hydrogen-bond donors (Lipinski definition) is 1. The molecule has 0 aromatic carbocycles. The lowest BCUT2D eigenvalue weighted by atomic mass is 10.2. The third kappa shape index (κ3) is 4.00. The quantitative estimate of drug-likeness (QED) is 0.854. The molecule has 0 aliphatic heterocycles. The number of unbranched alkanes of at least 4 members (excludes halogenated alkanes) is 1. The lowest BCUT2D eigenvalue weighted by Gasteiger charge is -2.05. The number of nitrogens with one attached hydrogen (secondary N) is 1. The normalized spacial score (nSPS) is 10.1. The van der Waals surface area contributed by atoms with Crippen molar-refractivity contribution in [1.82, 2.24) is 4.98 Å². The van der Waals surface area contributed by atoms with Crippen LogP contribution in [0.2, 0.25) is 0 Å². The number of nitrogens with zero attached hydrogens (tertiary/aromatic N) is 1. The molecule has 3 nitrogen and oxygen atoms in total. The van der Waals surface area contributed by atoms with Crippen molar-refractivity contribution in [3.8, 4) is 0 Å². The molecule has 1 heterocycles. The van der Waals surface area contributed by atoms with Crippen molar-refractivity contribution in [2.45, 2.75) is 33.1 Å². The van der Waals surface area contributed by atoms with Crippen molar-refractivity contribution in [1.29, 1.82) is 0 Å². The summed E-state index contributed by atoms with van der Waals surface area (Å²) in [7, 11) is 0. The first-order valence-corrected chi connectivity index (χ1v) is 5.84. The van der Waals surface area contributed by atoms with E-state index < -0.39 is 0 Å². The number of carbonyl (C=O) groups excluding carboxylic acids is 1. The molecule has 0 saturated carbocycles. The Bertz CT molecular complexity index is 352. The highest BCUT2D eigenvalue weighted by Gasteiger charge is 2.03. The van der Waals surface area contributed by atoms with Crippen LogP contribution in [-0.2, 0) is 4.79 Å². The Kier molecular flexibility index (Phi) is 4.75. The van der Waals surface area contributed by atoms with E-state index in [-0.39, 0.29) is 5.91 Å². The van der Waals surface area contributed by atoms with Crippen LogP contribution in [0.25, 0.3) is 0 Å². The van der Waals surface area contributed by atoms with Crippen LogP contribution in [0.3, 0.4) is 0 Å². The molecule has 1 amide bonds. The summed E-state index contributed by atoms with van der Waals surface area (Å²) < 4.78 is 0.814. The molecule has 0 aliphatic carbocycles. The van der Waals surface area contributed by atoms with Gasteiger partial charge in [0.25, 0.3) is 0 Å². The van der Waals surface area contributed by atoms with Gasteiger partial charge in [-0.3, -0.25) is 4.79 Å². The summed E-state index contributed by atoms with van der Waals surface area (Å²) in [6.07, 6.45) is 4.19. The number of anilines is 1. The van der Waals surface area contributed by atoms with Crippen LogP contribution in [0.15, 0.2) is 16.9 Å². The molecule has 1 rings (SSSR count). The van der Waals surface area contributed by atoms with Crippen molar-refractivity contribution in [2.75, 3.05) is 5.32 Å². The third-order valence-corrected chi connectivity index (χ3v) is 2.89. The van der Waals surface area contributed by atoms with E-state index in [4.69, 9.17) is 0 Å². The van der Waals surface area contributed by atoms with E-state index in [1.54, 1.807) is 6.20 Å². The summed E-state index contributed by atoms with van der Waals surface area (Å²) in [5.74, 6) is 0.0559. The van der Waals surface area contributed by atoms with Crippen molar-refractivity contribution in [3.05, 3.63) is 22.4 Å². The first kappa shape index (κ1) is 12.2.